The molecule has 0 atom stereocenters. The van der Waals surface area contributed by atoms with Crippen LogP contribution in [0, 0.1) is 6.92 Å². The molecule has 0 aliphatic rings. The Bertz CT molecular complexity index is 347. The molecule has 0 radical (unpaired) electrons. The Morgan fingerprint density at radius 2 is 1.83 bits per heavy atom. The van der Waals surface area contributed by atoms with Gasteiger partial charge in [-0.1, -0.05) is 0 Å². The average molecular weight is 251 g/mol. The summed E-state index contributed by atoms with van der Waals surface area (Å²) in [6.45, 7) is 12.5. The summed E-state index contributed by atoms with van der Waals surface area (Å²) >= 11 is 0. The van der Waals surface area contributed by atoms with Gasteiger partial charge in [-0.25, -0.2) is 9.97 Å². The van der Waals surface area contributed by atoms with Gasteiger partial charge in [0.05, 0.1) is 0 Å². The molecule has 0 bridgehead atoms. The van der Waals surface area contributed by atoms with Gasteiger partial charge in [0.15, 0.2) is 0 Å². The van der Waals surface area contributed by atoms with E-state index in [-0.39, 0.29) is 0 Å². The van der Waals surface area contributed by atoms with Crippen LogP contribution in [0.4, 0.5) is 11.6 Å². The van der Waals surface area contributed by atoms with E-state index in [9.17, 15) is 0 Å². The van der Waals surface area contributed by atoms with Crippen molar-refractivity contribution in [3.8, 4) is 0 Å². The lowest BCUT2D eigenvalue weighted by Gasteiger charge is -2.30. The van der Waals surface area contributed by atoms with E-state index in [1.165, 1.54) is 0 Å². The van der Waals surface area contributed by atoms with Gasteiger partial charge in [-0.15, -0.1) is 0 Å². The summed E-state index contributed by atoms with van der Waals surface area (Å²) in [6.07, 6.45) is 0. The van der Waals surface area contributed by atoms with E-state index in [2.05, 4.69) is 47.9 Å². The Morgan fingerprint density at radius 3 is 2.33 bits per heavy atom. The number of aryl methyl sites for hydroxylation is 1. The van der Waals surface area contributed by atoms with Gasteiger partial charge >= 0.3 is 0 Å². The molecule has 0 saturated heterocycles. The van der Waals surface area contributed by atoms with Crippen LogP contribution in [0.2, 0.25) is 0 Å². The van der Waals surface area contributed by atoms with Crippen molar-refractivity contribution >= 4 is 11.6 Å². The molecule has 1 aromatic rings. The van der Waals surface area contributed by atoms with Gasteiger partial charge in [0.25, 0.3) is 0 Å². The molecule has 5 heteroatoms. The fourth-order valence-corrected chi connectivity index (χ4v) is 2.11. The van der Waals surface area contributed by atoms with Gasteiger partial charge in [-0.3, -0.25) is 4.90 Å². The van der Waals surface area contributed by atoms with Crippen LogP contribution in [-0.4, -0.2) is 40.0 Å². The predicted molar refractivity (Wildman–Crippen MR) is 76.6 cm³/mol. The summed E-state index contributed by atoms with van der Waals surface area (Å²) in [4.78, 5) is 10.8. The molecule has 1 rings (SSSR count). The van der Waals surface area contributed by atoms with Crippen LogP contribution >= 0.6 is 0 Å². The zero-order valence-electron chi connectivity index (χ0n) is 12.1. The topological polar surface area (TPSA) is 67.1 Å². The second-order valence-corrected chi connectivity index (χ2v) is 5.08. The monoisotopic (exact) mass is 251 g/mol. The lowest BCUT2D eigenvalue weighted by Crippen LogP contribution is -2.40. The largest absolute Gasteiger partial charge is 0.384 e. The Balaban J connectivity index is 2.50. The first kappa shape index (κ1) is 14.7. The second kappa shape index (κ2) is 6.54. The molecule has 0 aliphatic heterocycles. The summed E-state index contributed by atoms with van der Waals surface area (Å²) in [5, 5.41) is 3.29. The van der Waals surface area contributed by atoms with Crippen molar-refractivity contribution in [1.29, 1.82) is 0 Å². The number of anilines is 2. The molecule has 1 heterocycles. The van der Waals surface area contributed by atoms with Gasteiger partial charge in [-0.2, -0.15) is 0 Å². The SMILES string of the molecule is Cc1nc(N)cc(NCCN(C(C)C)C(C)C)n1. The summed E-state index contributed by atoms with van der Waals surface area (Å²) in [7, 11) is 0. The first-order valence-corrected chi connectivity index (χ1v) is 6.51. The van der Waals surface area contributed by atoms with E-state index in [1.807, 2.05) is 6.92 Å². The third-order valence-corrected chi connectivity index (χ3v) is 2.86. The number of nitrogen functional groups attached to an aromatic ring is 1. The molecule has 0 aliphatic carbocycles. The normalized spacial score (nSPS) is 11.6. The quantitative estimate of drug-likeness (QED) is 0.808. The van der Waals surface area contributed by atoms with Crippen molar-refractivity contribution in [2.45, 2.75) is 46.7 Å². The van der Waals surface area contributed by atoms with E-state index >= 15 is 0 Å². The van der Waals surface area contributed by atoms with E-state index in [0.29, 0.717) is 23.7 Å². The van der Waals surface area contributed by atoms with Crippen LogP contribution in [0.1, 0.15) is 33.5 Å². The van der Waals surface area contributed by atoms with Gasteiger partial charge < -0.3 is 11.1 Å². The maximum Gasteiger partial charge on any atom is 0.131 e. The van der Waals surface area contributed by atoms with E-state index in [0.717, 1.165) is 18.9 Å². The number of nitrogens with one attached hydrogen (secondary N) is 1. The molecule has 3 N–H and O–H groups in total. The number of hydrogen-bond acceptors (Lipinski definition) is 5. The average Bonchev–Trinajstić information content (AvgIpc) is 2.21. The van der Waals surface area contributed by atoms with Crippen molar-refractivity contribution in [2.75, 3.05) is 24.1 Å². The molecule has 1 aromatic heterocycles. The van der Waals surface area contributed by atoms with Crippen LogP contribution in [-0.2, 0) is 0 Å². The molecule has 0 saturated carbocycles. The minimum Gasteiger partial charge on any atom is -0.384 e. The molecule has 102 valence electrons. The number of rotatable bonds is 6. The van der Waals surface area contributed by atoms with Gasteiger partial charge in [0.2, 0.25) is 0 Å². The summed E-state index contributed by atoms with van der Waals surface area (Å²) < 4.78 is 0. The lowest BCUT2D eigenvalue weighted by atomic mass is 10.2. The number of aromatic nitrogens is 2. The lowest BCUT2D eigenvalue weighted by molar-refractivity contribution is 0.182. The summed E-state index contributed by atoms with van der Waals surface area (Å²) in [6, 6.07) is 2.86. The van der Waals surface area contributed by atoms with Crippen molar-refractivity contribution in [3.63, 3.8) is 0 Å². The van der Waals surface area contributed by atoms with Crippen LogP contribution < -0.4 is 11.1 Å². The maximum absolute atomic E-state index is 5.69. The van der Waals surface area contributed by atoms with Crippen molar-refractivity contribution < 1.29 is 0 Å². The zero-order chi connectivity index (χ0) is 13.7. The van der Waals surface area contributed by atoms with Crippen molar-refractivity contribution in [1.82, 2.24) is 14.9 Å². The predicted octanol–water partition coefficient (Wildman–Crippen LogP) is 1.90. The van der Waals surface area contributed by atoms with Crippen molar-refractivity contribution in [3.05, 3.63) is 11.9 Å². The maximum atomic E-state index is 5.69. The van der Waals surface area contributed by atoms with Gasteiger partial charge in [0.1, 0.15) is 17.5 Å². The summed E-state index contributed by atoms with van der Waals surface area (Å²) in [5.74, 6) is 2.00. The van der Waals surface area contributed by atoms with Crippen LogP contribution in [0.15, 0.2) is 6.07 Å². The highest BCUT2D eigenvalue weighted by atomic mass is 15.2. The highest BCUT2D eigenvalue weighted by Gasteiger charge is 2.12. The Labute approximate surface area is 110 Å². The first-order chi connectivity index (χ1) is 8.40. The van der Waals surface area contributed by atoms with Crippen LogP contribution in [0.5, 0.6) is 0 Å². The van der Waals surface area contributed by atoms with Crippen LogP contribution in [0.3, 0.4) is 0 Å². The Kier molecular flexibility index (Phi) is 5.34. The third-order valence-electron chi connectivity index (χ3n) is 2.86. The molecule has 5 nitrogen and oxygen atoms in total. The second-order valence-electron chi connectivity index (χ2n) is 5.08. The molecular weight excluding hydrogens is 226 g/mol. The number of nitrogens with two attached hydrogens (primary N) is 1. The Hall–Kier alpha value is -1.36. The molecule has 0 spiro atoms. The summed E-state index contributed by atoms with van der Waals surface area (Å²) in [5.41, 5.74) is 5.69. The third kappa shape index (κ3) is 4.49. The van der Waals surface area contributed by atoms with Gasteiger partial charge in [0, 0.05) is 31.2 Å². The number of nitrogens with zero attached hydrogens (tertiary/aromatic N) is 3. The minimum atomic E-state index is 0.509. The Morgan fingerprint density at radius 1 is 1.22 bits per heavy atom. The minimum absolute atomic E-state index is 0.509. The zero-order valence-corrected chi connectivity index (χ0v) is 12.1. The van der Waals surface area contributed by atoms with E-state index < -0.39 is 0 Å². The molecule has 0 unspecified atom stereocenters. The standard InChI is InChI=1S/C13H25N5/c1-9(2)18(10(3)4)7-6-15-13-8-12(14)16-11(5)17-13/h8-10H,6-7H2,1-5H3,(H3,14,15,16,17). The van der Waals surface area contributed by atoms with E-state index in [1.54, 1.807) is 6.07 Å². The highest BCUT2D eigenvalue weighted by Crippen LogP contribution is 2.08. The highest BCUT2D eigenvalue weighted by molar-refractivity contribution is 5.44. The van der Waals surface area contributed by atoms with Crippen molar-refractivity contribution in [2.24, 2.45) is 0 Å². The molecule has 0 amide bonds. The molecule has 18 heavy (non-hydrogen) atoms. The fraction of sp³-hybridized carbons (Fsp3) is 0.692. The fourth-order valence-electron chi connectivity index (χ4n) is 2.11. The van der Waals surface area contributed by atoms with Gasteiger partial charge in [-0.05, 0) is 34.6 Å². The smallest absolute Gasteiger partial charge is 0.131 e. The molecule has 0 fully saturated rings. The number of hydrogen-bond donors (Lipinski definition) is 2. The molecule has 0 aromatic carbocycles. The van der Waals surface area contributed by atoms with Crippen LogP contribution in [0.25, 0.3) is 0 Å². The first-order valence-electron chi connectivity index (χ1n) is 6.51. The molecular formula is C13H25N5. The van der Waals surface area contributed by atoms with E-state index in [4.69, 9.17) is 5.73 Å².